The number of aliphatic carboxylic acids is 1. The lowest BCUT2D eigenvalue weighted by Crippen LogP contribution is -2.44. The summed E-state index contributed by atoms with van der Waals surface area (Å²) in [6.45, 7) is 2.23. The van der Waals surface area contributed by atoms with E-state index in [1.54, 1.807) is 24.3 Å². The number of amides is 1. The van der Waals surface area contributed by atoms with Crippen molar-refractivity contribution in [2.24, 2.45) is 11.3 Å². The van der Waals surface area contributed by atoms with E-state index in [1.807, 2.05) is 13.0 Å². The van der Waals surface area contributed by atoms with Gasteiger partial charge in [-0.15, -0.1) is 0 Å². The van der Waals surface area contributed by atoms with Crippen molar-refractivity contribution in [2.75, 3.05) is 13.1 Å². The van der Waals surface area contributed by atoms with Crippen molar-refractivity contribution in [1.82, 2.24) is 10.0 Å². The van der Waals surface area contributed by atoms with Crippen LogP contribution in [0.3, 0.4) is 0 Å². The van der Waals surface area contributed by atoms with E-state index in [0.717, 1.165) is 19.3 Å². The number of carboxylic acids is 1. The number of benzene rings is 1. The van der Waals surface area contributed by atoms with Gasteiger partial charge < -0.3 is 10.4 Å². The SMILES string of the molecule is CCCC(CC1(C(=O)NCCNS(=O)(=O)Cc2ccccc2)CCCC1)C(=O)O. The number of hydrogen-bond donors (Lipinski definition) is 3. The van der Waals surface area contributed by atoms with Gasteiger partial charge in [0.1, 0.15) is 0 Å². The van der Waals surface area contributed by atoms with Gasteiger partial charge in [-0.05, 0) is 31.2 Å². The van der Waals surface area contributed by atoms with Crippen LogP contribution in [-0.4, -0.2) is 38.5 Å². The fourth-order valence-electron chi connectivity index (χ4n) is 4.12. The van der Waals surface area contributed by atoms with Crippen molar-refractivity contribution in [1.29, 1.82) is 0 Å². The van der Waals surface area contributed by atoms with Gasteiger partial charge in [0.2, 0.25) is 15.9 Å². The number of carbonyl (C=O) groups excluding carboxylic acids is 1. The highest BCUT2D eigenvalue weighted by molar-refractivity contribution is 7.88. The third kappa shape index (κ3) is 7.12. The Balaban J connectivity index is 1.86. The first-order valence-corrected chi connectivity index (χ1v) is 12.0. The smallest absolute Gasteiger partial charge is 0.306 e. The summed E-state index contributed by atoms with van der Waals surface area (Å²) in [7, 11) is -3.48. The highest BCUT2D eigenvalue weighted by Gasteiger charge is 2.43. The lowest BCUT2D eigenvalue weighted by atomic mass is 9.75. The minimum Gasteiger partial charge on any atom is -0.481 e. The van der Waals surface area contributed by atoms with E-state index in [2.05, 4.69) is 10.0 Å². The van der Waals surface area contributed by atoms with E-state index in [4.69, 9.17) is 0 Å². The van der Waals surface area contributed by atoms with Crippen molar-refractivity contribution >= 4 is 21.9 Å². The standard InChI is InChI=1S/C21H32N2O5S/c1-2-8-18(19(24)25)15-21(11-6-7-12-21)20(26)22-13-14-23-29(27,28)16-17-9-4-3-5-10-17/h3-5,9-10,18,23H,2,6-8,11-16H2,1H3,(H,22,26)(H,24,25). The zero-order valence-electron chi connectivity index (χ0n) is 17.0. The maximum atomic E-state index is 12.9. The number of hydrogen-bond acceptors (Lipinski definition) is 4. The second kappa shape index (κ2) is 10.7. The lowest BCUT2D eigenvalue weighted by Gasteiger charge is -2.30. The Morgan fingerprint density at radius 3 is 2.38 bits per heavy atom. The van der Waals surface area contributed by atoms with Gasteiger partial charge in [0.05, 0.1) is 11.7 Å². The number of carbonyl (C=O) groups is 2. The van der Waals surface area contributed by atoms with E-state index in [1.165, 1.54) is 0 Å². The molecule has 0 radical (unpaired) electrons. The van der Waals surface area contributed by atoms with Crippen LogP contribution in [0.2, 0.25) is 0 Å². The maximum Gasteiger partial charge on any atom is 0.306 e. The van der Waals surface area contributed by atoms with Crippen molar-refractivity contribution in [3.05, 3.63) is 35.9 Å². The van der Waals surface area contributed by atoms with Gasteiger partial charge in [0.25, 0.3) is 0 Å². The van der Waals surface area contributed by atoms with Crippen molar-refractivity contribution < 1.29 is 23.1 Å². The number of sulfonamides is 1. The van der Waals surface area contributed by atoms with Crippen LogP contribution in [0.5, 0.6) is 0 Å². The van der Waals surface area contributed by atoms with Gasteiger partial charge in [-0.3, -0.25) is 9.59 Å². The molecule has 1 fully saturated rings. The fourth-order valence-corrected chi connectivity index (χ4v) is 5.27. The van der Waals surface area contributed by atoms with Crippen LogP contribution >= 0.6 is 0 Å². The molecule has 1 atom stereocenters. The Kier molecular flexibility index (Phi) is 8.64. The normalized spacial score (nSPS) is 17.0. The van der Waals surface area contributed by atoms with Crippen molar-refractivity contribution in [3.8, 4) is 0 Å². The molecule has 0 saturated heterocycles. The molecule has 1 saturated carbocycles. The topological polar surface area (TPSA) is 113 Å². The number of carboxylic acid groups (broad SMARTS) is 1. The molecule has 0 aliphatic heterocycles. The molecule has 2 rings (SSSR count). The molecule has 1 aromatic carbocycles. The highest BCUT2D eigenvalue weighted by Crippen LogP contribution is 2.44. The minimum absolute atomic E-state index is 0.105. The van der Waals surface area contributed by atoms with Crippen LogP contribution in [0, 0.1) is 11.3 Å². The number of rotatable bonds is 12. The zero-order chi connectivity index (χ0) is 21.3. The van der Waals surface area contributed by atoms with Gasteiger partial charge in [-0.1, -0.05) is 56.5 Å². The Labute approximate surface area is 173 Å². The molecule has 0 spiro atoms. The quantitative estimate of drug-likeness (QED) is 0.447. The first-order valence-electron chi connectivity index (χ1n) is 10.3. The first-order chi connectivity index (χ1) is 13.8. The zero-order valence-corrected chi connectivity index (χ0v) is 17.8. The van der Waals surface area contributed by atoms with Crippen LogP contribution in [0.4, 0.5) is 0 Å². The summed E-state index contributed by atoms with van der Waals surface area (Å²) in [5.41, 5.74) is 0.0470. The molecule has 0 heterocycles. The van der Waals surface area contributed by atoms with E-state index in [9.17, 15) is 23.1 Å². The molecule has 0 aromatic heterocycles. The molecule has 3 N–H and O–H groups in total. The van der Waals surface area contributed by atoms with Gasteiger partial charge >= 0.3 is 5.97 Å². The van der Waals surface area contributed by atoms with Crippen LogP contribution in [-0.2, 0) is 25.4 Å². The maximum absolute atomic E-state index is 12.9. The van der Waals surface area contributed by atoms with Crippen LogP contribution in [0.15, 0.2) is 30.3 Å². The van der Waals surface area contributed by atoms with Gasteiger partial charge in [-0.2, -0.15) is 0 Å². The lowest BCUT2D eigenvalue weighted by molar-refractivity contribution is -0.144. The van der Waals surface area contributed by atoms with Crippen molar-refractivity contribution in [2.45, 2.75) is 57.6 Å². The summed E-state index contributed by atoms with van der Waals surface area (Å²) in [4.78, 5) is 24.4. The summed E-state index contributed by atoms with van der Waals surface area (Å²) in [5.74, 6) is -1.63. The summed E-state index contributed by atoms with van der Waals surface area (Å²) in [5, 5.41) is 12.3. The molecular weight excluding hydrogens is 392 g/mol. The fraction of sp³-hybridized carbons (Fsp3) is 0.619. The molecule has 1 aromatic rings. The van der Waals surface area contributed by atoms with E-state index >= 15 is 0 Å². The Morgan fingerprint density at radius 2 is 1.79 bits per heavy atom. The summed E-state index contributed by atoms with van der Waals surface area (Å²) >= 11 is 0. The third-order valence-corrected chi connectivity index (χ3v) is 6.96. The second-order valence-electron chi connectivity index (χ2n) is 7.91. The Morgan fingerprint density at radius 1 is 1.14 bits per heavy atom. The predicted octanol–water partition coefficient (Wildman–Crippen LogP) is 2.67. The number of nitrogens with one attached hydrogen (secondary N) is 2. The van der Waals surface area contributed by atoms with Crippen LogP contribution in [0.1, 0.15) is 57.4 Å². The molecule has 162 valence electrons. The molecule has 1 unspecified atom stereocenters. The predicted molar refractivity (Wildman–Crippen MR) is 112 cm³/mol. The van der Waals surface area contributed by atoms with Gasteiger partial charge in [0, 0.05) is 18.5 Å². The Bertz CT molecular complexity index is 774. The molecule has 29 heavy (non-hydrogen) atoms. The molecule has 8 heteroatoms. The monoisotopic (exact) mass is 424 g/mol. The first kappa shape index (κ1) is 23.3. The van der Waals surface area contributed by atoms with E-state index in [0.29, 0.717) is 31.2 Å². The van der Waals surface area contributed by atoms with Crippen LogP contribution in [0.25, 0.3) is 0 Å². The Hall–Kier alpha value is -1.93. The summed E-state index contributed by atoms with van der Waals surface area (Å²) in [6.07, 6.45) is 4.87. The van der Waals surface area contributed by atoms with Gasteiger partial charge in [0.15, 0.2) is 0 Å². The average molecular weight is 425 g/mol. The average Bonchev–Trinajstić information content (AvgIpc) is 3.15. The summed E-state index contributed by atoms with van der Waals surface area (Å²) in [6, 6.07) is 8.90. The van der Waals surface area contributed by atoms with Gasteiger partial charge in [-0.25, -0.2) is 13.1 Å². The molecule has 1 amide bonds. The molecule has 1 aliphatic carbocycles. The molecular formula is C21H32N2O5S. The van der Waals surface area contributed by atoms with E-state index < -0.39 is 27.3 Å². The van der Waals surface area contributed by atoms with E-state index in [-0.39, 0.29) is 24.7 Å². The highest BCUT2D eigenvalue weighted by atomic mass is 32.2. The minimum atomic E-state index is -3.48. The molecule has 0 bridgehead atoms. The van der Waals surface area contributed by atoms with Crippen LogP contribution < -0.4 is 10.0 Å². The van der Waals surface area contributed by atoms with Crippen molar-refractivity contribution in [3.63, 3.8) is 0 Å². The second-order valence-corrected chi connectivity index (χ2v) is 9.72. The molecule has 7 nitrogen and oxygen atoms in total. The third-order valence-electron chi connectivity index (χ3n) is 5.60. The summed E-state index contributed by atoms with van der Waals surface area (Å²) < 4.78 is 26.8. The molecule has 1 aliphatic rings. The largest absolute Gasteiger partial charge is 0.481 e.